The second-order valence-corrected chi connectivity index (χ2v) is 6.82. The standard InChI is InChI=1S/C22H27ClN2O2/c1-3-5-7-17-8-10-18(11-9-17)22(26)25-24-16-19-15-20(23)12-13-21(19)27-14-6-4-2/h8-13,15-16H,3-7,14H2,1-2H3,(H,25,26)/b24-16+. The highest BCUT2D eigenvalue weighted by Gasteiger charge is 2.06. The van der Waals surface area contributed by atoms with E-state index in [0.717, 1.165) is 37.7 Å². The summed E-state index contributed by atoms with van der Waals surface area (Å²) in [5.41, 5.74) is 5.11. The number of rotatable bonds is 10. The Labute approximate surface area is 166 Å². The fraction of sp³-hybridized carbons (Fsp3) is 0.364. The summed E-state index contributed by atoms with van der Waals surface area (Å²) in [7, 11) is 0. The summed E-state index contributed by atoms with van der Waals surface area (Å²) in [4.78, 5) is 12.2. The van der Waals surface area contributed by atoms with Crippen LogP contribution in [0, 0.1) is 0 Å². The second kappa shape index (κ2) is 11.4. The van der Waals surface area contributed by atoms with Gasteiger partial charge in [0.05, 0.1) is 12.8 Å². The van der Waals surface area contributed by atoms with Crippen LogP contribution in [0.5, 0.6) is 5.75 Å². The van der Waals surface area contributed by atoms with Crippen LogP contribution in [0.25, 0.3) is 0 Å². The van der Waals surface area contributed by atoms with E-state index in [9.17, 15) is 4.79 Å². The number of nitrogens with zero attached hydrogens (tertiary/aromatic N) is 1. The van der Waals surface area contributed by atoms with Crippen LogP contribution < -0.4 is 10.2 Å². The summed E-state index contributed by atoms with van der Waals surface area (Å²) in [6, 6.07) is 13.0. The summed E-state index contributed by atoms with van der Waals surface area (Å²) < 4.78 is 5.76. The Bertz CT molecular complexity index is 757. The van der Waals surface area contributed by atoms with Gasteiger partial charge < -0.3 is 4.74 Å². The average Bonchev–Trinajstić information content (AvgIpc) is 2.68. The topological polar surface area (TPSA) is 50.7 Å². The maximum Gasteiger partial charge on any atom is 0.271 e. The highest BCUT2D eigenvalue weighted by Crippen LogP contribution is 2.21. The Hall–Kier alpha value is -2.33. The van der Waals surface area contributed by atoms with Gasteiger partial charge in [0, 0.05) is 16.1 Å². The SMILES string of the molecule is CCCCOc1ccc(Cl)cc1/C=N/NC(=O)c1ccc(CCCC)cc1. The predicted molar refractivity (Wildman–Crippen MR) is 112 cm³/mol. The van der Waals surface area contributed by atoms with Crippen LogP contribution in [0.3, 0.4) is 0 Å². The van der Waals surface area contributed by atoms with Gasteiger partial charge in [-0.2, -0.15) is 5.10 Å². The van der Waals surface area contributed by atoms with E-state index >= 15 is 0 Å². The summed E-state index contributed by atoms with van der Waals surface area (Å²) >= 11 is 6.06. The molecule has 27 heavy (non-hydrogen) atoms. The second-order valence-electron chi connectivity index (χ2n) is 6.38. The molecule has 1 N–H and O–H groups in total. The van der Waals surface area contributed by atoms with Crippen LogP contribution in [0.15, 0.2) is 47.6 Å². The third-order valence-electron chi connectivity index (χ3n) is 4.13. The number of unbranched alkanes of at least 4 members (excludes halogenated alkanes) is 2. The predicted octanol–water partition coefficient (Wildman–Crippen LogP) is 5.63. The van der Waals surface area contributed by atoms with E-state index in [-0.39, 0.29) is 5.91 Å². The van der Waals surface area contributed by atoms with Crippen molar-refractivity contribution >= 4 is 23.7 Å². The molecule has 0 aliphatic heterocycles. The van der Waals surface area contributed by atoms with Gasteiger partial charge in [-0.3, -0.25) is 4.79 Å². The highest BCUT2D eigenvalue weighted by molar-refractivity contribution is 6.30. The molecule has 0 saturated heterocycles. The molecule has 0 unspecified atom stereocenters. The van der Waals surface area contributed by atoms with Gasteiger partial charge in [0.25, 0.3) is 5.91 Å². The molecule has 0 saturated carbocycles. The van der Waals surface area contributed by atoms with E-state index in [1.807, 2.05) is 30.3 Å². The first kappa shape index (κ1) is 21.0. The van der Waals surface area contributed by atoms with E-state index in [1.165, 1.54) is 5.56 Å². The lowest BCUT2D eigenvalue weighted by molar-refractivity contribution is 0.0955. The van der Waals surface area contributed by atoms with Gasteiger partial charge in [-0.25, -0.2) is 5.43 Å². The Morgan fingerprint density at radius 1 is 1.11 bits per heavy atom. The molecule has 0 spiro atoms. The summed E-state index contributed by atoms with van der Waals surface area (Å²) in [6.45, 7) is 4.91. The third-order valence-corrected chi connectivity index (χ3v) is 4.37. The molecule has 0 aliphatic rings. The molecule has 0 fully saturated rings. The molecule has 2 rings (SSSR count). The van der Waals surface area contributed by atoms with Crippen LogP contribution in [0.4, 0.5) is 0 Å². The number of carbonyl (C=O) groups is 1. The molecule has 0 atom stereocenters. The van der Waals surface area contributed by atoms with Crippen molar-refractivity contribution in [1.29, 1.82) is 0 Å². The number of benzene rings is 2. The molecule has 5 heteroatoms. The largest absolute Gasteiger partial charge is 0.493 e. The molecular weight excluding hydrogens is 360 g/mol. The van der Waals surface area contributed by atoms with Crippen molar-refractivity contribution < 1.29 is 9.53 Å². The van der Waals surface area contributed by atoms with Crippen LogP contribution in [0.2, 0.25) is 5.02 Å². The number of hydrogen-bond acceptors (Lipinski definition) is 3. The van der Waals surface area contributed by atoms with Gasteiger partial charge in [-0.1, -0.05) is 50.4 Å². The maximum atomic E-state index is 12.2. The van der Waals surface area contributed by atoms with Crippen LogP contribution in [-0.4, -0.2) is 18.7 Å². The van der Waals surface area contributed by atoms with E-state index in [2.05, 4.69) is 24.4 Å². The number of nitrogens with one attached hydrogen (secondary N) is 1. The Morgan fingerprint density at radius 2 is 1.85 bits per heavy atom. The van der Waals surface area contributed by atoms with Crippen molar-refractivity contribution in [3.63, 3.8) is 0 Å². The zero-order valence-corrected chi connectivity index (χ0v) is 16.8. The number of ether oxygens (including phenoxy) is 1. The van der Waals surface area contributed by atoms with Crippen molar-refractivity contribution in [2.24, 2.45) is 5.10 Å². The first-order valence-corrected chi connectivity index (χ1v) is 9.86. The van der Waals surface area contributed by atoms with Gasteiger partial charge in [-0.15, -0.1) is 0 Å². The number of hydrazone groups is 1. The molecule has 0 aliphatic carbocycles. The normalized spacial score (nSPS) is 10.9. The molecule has 0 radical (unpaired) electrons. The Kier molecular flexibility index (Phi) is 8.85. The lowest BCUT2D eigenvalue weighted by Crippen LogP contribution is -2.17. The number of carbonyl (C=O) groups excluding carboxylic acids is 1. The van der Waals surface area contributed by atoms with E-state index in [4.69, 9.17) is 16.3 Å². The lowest BCUT2D eigenvalue weighted by atomic mass is 10.1. The van der Waals surface area contributed by atoms with Gasteiger partial charge in [-0.05, 0) is 55.2 Å². The van der Waals surface area contributed by atoms with E-state index in [1.54, 1.807) is 18.3 Å². The fourth-order valence-electron chi connectivity index (χ4n) is 2.51. The third kappa shape index (κ3) is 7.06. The number of halogens is 1. The molecule has 0 aromatic heterocycles. The molecule has 144 valence electrons. The number of aryl methyl sites for hydroxylation is 1. The fourth-order valence-corrected chi connectivity index (χ4v) is 2.69. The maximum absolute atomic E-state index is 12.2. The Balaban J connectivity index is 1.97. The van der Waals surface area contributed by atoms with Crippen LogP contribution >= 0.6 is 11.6 Å². The summed E-state index contributed by atoms with van der Waals surface area (Å²) in [5, 5.41) is 4.65. The number of amides is 1. The molecular formula is C22H27ClN2O2. The molecule has 0 bridgehead atoms. The molecule has 0 heterocycles. The van der Waals surface area contributed by atoms with Crippen molar-refractivity contribution in [2.45, 2.75) is 46.0 Å². The summed E-state index contributed by atoms with van der Waals surface area (Å²) in [6.07, 6.45) is 6.93. The van der Waals surface area contributed by atoms with Crippen molar-refractivity contribution in [3.05, 3.63) is 64.2 Å². The highest BCUT2D eigenvalue weighted by atomic mass is 35.5. The average molecular weight is 387 g/mol. The minimum atomic E-state index is -0.247. The lowest BCUT2D eigenvalue weighted by Gasteiger charge is -2.09. The first-order valence-electron chi connectivity index (χ1n) is 9.48. The van der Waals surface area contributed by atoms with Crippen LogP contribution in [-0.2, 0) is 6.42 Å². The van der Waals surface area contributed by atoms with Gasteiger partial charge >= 0.3 is 0 Å². The molecule has 2 aromatic carbocycles. The zero-order chi connectivity index (χ0) is 19.5. The minimum Gasteiger partial charge on any atom is -0.493 e. The van der Waals surface area contributed by atoms with Gasteiger partial charge in [0.1, 0.15) is 5.75 Å². The number of hydrogen-bond donors (Lipinski definition) is 1. The van der Waals surface area contributed by atoms with Crippen LogP contribution in [0.1, 0.15) is 61.0 Å². The van der Waals surface area contributed by atoms with E-state index in [0.29, 0.717) is 22.9 Å². The summed E-state index contributed by atoms with van der Waals surface area (Å²) in [5.74, 6) is 0.454. The van der Waals surface area contributed by atoms with Crippen molar-refractivity contribution in [1.82, 2.24) is 5.43 Å². The van der Waals surface area contributed by atoms with Gasteiger partial charge in [0.2, 0.25) is 0 Å². The van der Waals surface area contributed by atoms with Crippen molar-refractivity contribution in [3.8, 4) is 5.75 Å². The molecule has 2 aromatic rings. The van der Waals surface area contributed by atoms with Gasteiger partial charge in [0.15, 0.2) is 0 Å². The molecule has 1 amide bonds. The molecule has 4 nitrogen and oxygen atoms in total. The quantitative estimate of drug-likeness (QED) is 0.327. The smallest absolute Gasteiger partial charge is 0.271 e. The zero-order valence-electron chi connectivity index (χ0n) is 16.0. The van der Waals surface area contributed by atoms with Crippen molar-refractivity contribution in [2.75, 3.05) is 6.61 Å². The minimum absolute atomic E-state index is 0.247. The first-order chi connectivity index (χ1) is 13.1. The van der Waals surface area contributed by atoms with E-state index < -0.39 is 0 Å². The monoisotopic (exact) mass is 386 g/mol. The Morgan fingerprint density at radius 3 is 2.56 bits per heavy atom.